The number of rotatable bonds is 7. The molecular formula is C22H28F3NOS. The van der Waals surface area contributed by atoms with Gasteiger partial charge in [-0.25, -0.2) is 0 Å². The SMILES string of the molecule is CCC(C)CN1CC[C@H](c2ccsc2)[C@@H](COc2cccc(C(F)(F)F)c2)C1. The molecule has 1 aliphatic rings. The summed E-state index contributed by atoms with van der Waals surface area (Å²) in [4.78, 5) is 2.48. The van der Waals surface area contributed by atoms with Crippen molar-refractivity contribution in [3.05, 3.63) is 52.2 Å². The number of ether oxygens (including phenoxy) is 1. The van der Waals surface area contributed by atoms with Crippen LogP contribution < -0.4 is 4.74 Å². The molecule has 3 atom stereocenters. The van der Waals surface area contributed by atoms with Crippen molar-refractivity contribution < 1.29 is 17.9 Å². The molecule has 0 aliphatic carbocycles. The van der Waals surface area contributed by atoms with Gasteiger partial charge in [-0.3, -0.25) is 0 Å². The van der Waals surface area contributed by atoms with Gasteiger partial charge in [0, 0.05) is 19.0 Å². The summed E-state index contributed by atoms with van der Waals surface area (Å²) >= 11 is 1.69. The van der Waals surface area contributed by atoms with Crippen molar-refractivity contribution in [3.63, 3.8) is 0 Å². The van der Waals surface area contributed by atoms with E-state index in [9.17, 15) is 13.2 Å². The quantitative estimate of drug-likeness (QED) is 0.530. The minimum absolute atomic E-state index is 0.266. The maximum atomic E-state index is 13.0. The van der Waals surface area contributed by atoms with Crippen molar-refractivity contribution in [2.75, 3.05) is 26.2 Å². The Morgan fingerprint density at radius 1 is 1.29 bits per heavy atom. The second kappa shape index (κ2) is 9.31. The fourth-order valence-corrected chi connectivity index (χ4v) is 4.63. The monoisotopic (exact) mass is 411 g/mol. The molecule has 0 radical (unpaired) electrons. The third kappa shape index (κ3) is 5.51. The summed E-state index contributed by atoms with van der Waals surface area (Å²) in [5, 5.41) is 4.28. The summed E-state index contributed by atoms with van der Waals surface area (Å²) in [7, 11) is 0. The smallest absolute Gasteiger partial charge is 0.416 e. The van der Waals surface area contributed by atoms with E-state index in [1.807, 2.05) is 0 Å². The molecule has 0 bridgehead atoms. The molecule has 1 unspecified atom stereocenters. The standard InChI is InChI=1S/C22H28F3NOS/c1-3-16(2)12-26-9-7-21(17-8-10-28-15-17)18(13-26)14-27-20-6-4-5-19(11-20)22(23,24)25/h4-6,8,10-11,15-16,18,21H,3,7,9,12-14H2,1-2H3/t16?,18-,21-/m1/s1. The van der Waals surface area contributed by atoms with Crippen LogP contribution in [0.3, 0.4) is 0 Å². The van der Waals surface area contributed by atoms with Gasteiger partial charge in [0.05, 0.1) is 12.2 Å². The van der Waals surface area contributed by atoms with Gasteiger partial charge in [-0.15, -0.1) is 0 Å². The van der Waals surface area contributed by atoms with Crippen LogP contribution in [0, 0.1) is 11.8 Å². The molecule has 2 nitrogen and oxygen atoms in total. The van der Waals surface area contributed by atoms with Gasteiger partial charge in [0.15, 0.2) is 0 Å². The molecular weight excluding hydrogens is 383 g/mol. The van der Waals surface area contributed by atoms with Crippen LogP contribution in [0.25, 0.3) is 0 Å². The molecule has 0 spiro atoms. The molecule has 1 fully saturated rings. The lowest BCUT2D eigenvalue weighted by Gasteiger charge is -2.39. The van der Waals surface area contributed by atoms with Crippen LogP contribution in [0.5, 0.6) is 5.75 Å². The van der Waals surface area contributed by atoms with Crippen LogP contribution in [0.2, 0.25) is 0 Å². The maximum Gasteiger partial charge on any atom is 0.416 e. The Hall–Kier alpha value is -1.53. The van der Waals surface area contributed by atoms with Crippen LogP contribution in [-0.2, 0) is 6.18 Å². The third-order valence-corrected chi connectivity index (χ3v) is 6.38. The first-order chi connectivity index (χ1) is 13.4. The Labute approximate surface area is 169 Å². The van der Waals surface area contributed by atoms with Gasteiger partial charge in [-0.2, -0.15) is 24.5 Å². The Morgan fingerprint density at radius 3 is 2.79 bits per heavy atom. The number of benzene rings is 1. The second-order valence-electron chi connectivity index (χ2n) is 7.82. The third-order valence-electron chi connectivity index (χ3n) is 5.68. The lowest BCUT2D eigenvalue weighted by Crippen LogP contribution is -2.43. The Balaban J connectivity index is 1.69. The molecule has 1 saturated heterocycles. The molecule has 1 aromatic heterocycles. The fraction of sp³-hybridized carbons (Fsp3) is 0.545. The first-order valence-electron chi connectivity index (χ1n) is 9.91. The zero-order valence-electron chi connectivity index (χ0n) is 16.4. The number of halogens is 3. The van der Waals surface area contributed by atoms with Gasteiger partial charge in [-0.05, 0) is 65.4 Å². The van der Waals surface area contributed by atoms with Gasteiger partial charge in [-0.1, -0.05) is 26.3 Å². The van der Waals surface area contributed by atoms with Crippen LogP contribution in [0.1, 0.15) is 43.7 Å². The molecule has 154 valence electrons. The summed E-state index contributed by atoms with van der Waals surface area (Å²) < 4.78 is 44.7. The molecule has 1 aliphatic heterocycles. The summed E-state index contributed by atoms with van der Waals surface area (Å²) in [6.07, 6.45) is -2.14. The number of piperidine rings is 1. The van der Waals surface area contributed by atoms with E-state index < -0.39 is 11.7 Å². The van der Waals surface area contributed by atoms with E-state index in [2.05, 4.69) is 35.6 Å². The summed E-state index contributed by atoms with van der Waals surface area (Å²) in [5.41, 5.74) is 0.659. The van der Waals surface area contributed by atoms with Gasteiger partial charge in [0.2, 0.25) is 0 Å². The van der Waals surface area contributed by atoms with Crippen LogP contribution in [0.15, 0.2) is 41.1 Å². The molecule has 2 aromatic rings. The highest BCUT2D eigenvalue weighted by atomic mass is 32.1. The van der Waals surface area contributed by atoms with Crippen molar-refractivity contribution >= 4 is 11.3 Å². The van der Waals surface area contributed by atoms with E-state index in [0.717, 1.165) is 44.6 Å². The normalized spacial score (nSPS) is 22.2. The molecule has 2 heterocycles. The second-order valence-corrected chi connectivity index (χ2v) is 8.60. The predicted octanol–water partition coefficient (Wildman–Crippen LogP) is 6.30. The van der Waals surface area contributed by atoms with E-state index in [1.165, 1.54) is 11.6 Å². The molecule has 1 aromatic carbocycles. The van der Waals surface area contributed by atoms with Gasteiger partial charge in [0.25, 0.3) is 0 Å². The summed E-state index contributed by atoms with van der Waals surface area (Å²) in [6.45, 7) is 7.94. The van der Waals surface area contributed by atoms with Crippen molar-refractivity contribution in [1.29, 1.82) is 0 Å². The maximum absolute atomic E-state index is 13.0. The summed E-state index contributed by atoms with van der Waals surface area (Å²) in [5.74, 6) is 1.59. The van der Waals surface area contributed by atoms with Crippen LogP contribution >= 0.6 is 11.3 Å². The average Bonchev–Trinajstić information content (AvgIpc) is 3.20. The molecule has 0 N–H and O–H groups in total. The first kappa shape index (κ1) is 21.2. The fourth-order valence-electron chi connectivity index (χ4n) is 3.90. The Bertz CT molecular complexity index is 732. The molecule has 0 amide bonds. The van der Waals surface area contributed by atoms with Crippen LogP contribution in [-0.4, -0.2) is 31.1 Å². The summed E-state index contributed by atoms with van der Waals surface area (Å²) in [6, 6.07) is 7.35. The Morgan fingerprint density at radius 2 is 2.11 bits per heavy atom. The van der Waals surface area contributed by atoms with E-state index in [-0.39, 0.29) is 11.7 Å². The number of hydrogen-bond donors (Lipinski definition) is 0. The predicted molar refractivity (Wildman–Crippen MR) is 108 cm³/mol. The number of alkyl halides is 3. The van der Waals surface area contributed by atoms with Crippen LogP contribution in [0.4, 0.5) is 13.2 Å². The highest BCUT2D eigenvalue weighted by molar-refractivity contribution is 7.07. The first-order valence-corrected chi connectivity index (χ1v) is 10.9. The topological polar surface area (TPSA) is 12.5 Å². The zero-order chi connectivity index (χ0) is 20.1. The average molecular weight is 412 g/mol. The van der Waals surface area contributed by atoms with Crippen molar-refractivity contribution in [3.8, 4) is 5.75 Å². The van der Waals surface area contributed by atoms with Gasteiger partial charge < -0.3 is 9.64 Å². The van der Waals surface area contributed by atoms with E-state index in [1.54, 1.807) is 17.4 Å². The minimum atomic E-state index is -4.35. The number of likely N-dealkylation sites (tertiary alicyclic amines) is 1. The molecule has 28 heavy (non-hydrogen) atoms. The lowest BCUT2D eigenvalue weighted by atomic mass is 9.81. The largest absolute Gasteiger partial charge is 0.493 e. The van der Waals surface area contributed by atoms with Crippen molar-refractivity contribution in [2.45, 2.75) is 38.8 Å². The highest BCUT2D eigenvalue weighted by Gasteiger charge is 2.33. The molecule has 6 heteroatoms. The van der Waals surface area contributed by atoms with Crippen molar-refractivity contribution in [1.82, 2.24) is 4.90 Å². The van der Waals surface area contributed by atoms with E-state index >= 15 is 0 Å². The van der Waals surface area contributed by atoms with Crippen molar-refractivity contribution in [2.24, 2.45) is 11.8 Å². The molecule has 0 saturated carbocycles. The zero-order valence-corrected chi connectivity index (χ0v) is 17.2. The van der Waals surface area contributed by atoms with E-state index in [0.29, 0.717) is 18.4 Å². The number of thiophene rings is 1. The number of hydrogen-bond acceptors (Lipinski definition) is 3. The highest BCUT2D eigenvalue weighted by Crippen LogP contribution is 2.36. The lowest BCUT2D eigenvalue weighted by molar-refractivity contribution is -0.137. The van der Waals surface area contributed by atoms with Gasteiger partial charge in [0.1, 0.15) is 5.75 Å². The minimum Gasteiger partial charge on any atom is -0.493 e. The van der Waals surface area contributed by atoms with E-state index in [4.69, 9.17) is 4.74 Å². The van der Waals surface area contributed by atoms with Gasteiger partial charge >= 0.3 is 6.18 Å². The number of nitrogens with zero attached hydrogens (tertiary/aromatic N) is 1. The molecule has 3 rings (SSSR count). The Kier molecular flexibility index (Phi) is 7.05.